The molecule has 0 aliphatic rings. The largest absolute Gasteiger partial charge is 0.497 e. The Morgan fingerprint density at radius 2 is 1.92 bits per heavy atom. The van der Waals surface area contributed by atoms with E-state index in [0.717, 1.165) is 57.0 Å². The summed E-state index contributed by atoms with van der Waals surface area (Å²) in [7, 11) is 1.68. The summed E-state index contributed by atoms with van der Waals surface area (Å²) < 4.78 is 5.18. The minimum Gasteiger partial charge on any atom is -0.497 e. The van der Waals surface area contributed by atoms with Crippen molar-refractivity contribution in [1.82, 2.24) is 10.6 Å². The van der Waals surface area contributed by atoms with Crippen LogP contribution in [0, 0.1) is 5.92 Å². The van der Waals surface area contributed by atoms with Crippen molar-refractivity contribution >= 4 is 5.96 Å². The van der Waals surface area contributed by atoms with Crippen LogP contribution in [0.1, 0.15) is 38.7 Å². The Kier molecular flexibility index (Phi) is 10.7. The maximum atomic E-state index is 9.15. The van der Waals surface area contributed by atoms with Crippen LogP contribution in [0.25, 0.3) is 0 Å². The number of guanidine groups is 1. The molecule has 5 nitrogen and oxygen atoms in total. The van der Waals surface area contributed by atoms with Gasteiger partial charge < -0.3 is 20.5 Å². The molecule has 0 aliphatic heterocycles. The van der Waals surface area contributed by atoms with Gasteiger partial charge in [0.2, 0.25) is 0 Å². The summed E-state index contributed by atoms with van der Waals surface area (Å²) in [6.07, 6.45) is 3.99. The lowest BCUT2D eigenvalue weighted by Gasteiger charge is -2.15. The van der Waals surface area contributed by atoms with E-state index in [2.05, 4.69) is 41.6 Å². The number of benzene rings is 1. The summed E-state index contributed by atoms with van der Waals surface area (Å²) in [5.41, 5.74) is 1.27. The second-order valence-electron chi connectivity index (χ2n) is 5.91. The minimum absolute atomic E-state index is 0.238. The highest BCUT2D eigenvalue weighted by Gasteiger charge is 2.07. The van der Waals surface area contributed by atoms with Gasteiger partial charge in [0.25, 0.3) is 0 Å². The van der Waals surface area contributed by atoms with Gasteiger partial charge in [-0.3, -0.25) is 4.99 Å². The molecule has 0 bridgehead atoms. The molecule has 136 valence electrons. The molecule has 24 heavy (non-hydrogen) atoms. The summed E-state index contributed by atoms with van der Waals surface area (Å²) >= 11 is 0. The molecule has 0 saturated carbocycles. The molecule has 0 radical (unpaired) electrons. The van der Waals surface area contributed by atoms with E-state index in [0.29, 0.717) is 5.92 Å². The van der Waals surface area contributed by atoms with Crippen molar-refractivity contribution in [2.45, 2.75) is 39.5 Å². The highest BCUT2D eigenvalue weighted by molar-refractivity contribution is 5.79. The first kappa shape index (κ1) is 20.3. The van der Waals surface area contributed by atoms with Gasteiger partial charge in [-0.2, -0.15) is 0 Å². The van der Waals surface area contributed by atoms with E-state index in [1.807, 2.05) is 12.1 Å². The smallest absolute Gasteiger partial charge is 0.191 e. The molecule has 0 saturated heterocycles. The van der Waals surface area contributed by atoms with Crippen LogP contribution in [-0.2, 0) is 6.42 Å². The van der Waals surface area contributed by atoms with Crippen LogP contribution in [-0.4, -0.2) is 44.4 Å². The van der Waals surface area contributed by atoms with E-state index >= 15 is 0 Å². The molecular formula is C19H33N3O2. The van der Waals surface area contributed by atoms with Crippen molar-refractivity contribution in [3.05, 3.63) is 29.8 Å². The van der Waals surface area contributed by atoms with Gasteiger partial charge in [-0.15, -0.1) is 0 Å². The summed E-state index contributed by atoms with van der Waals surface area (Å²) in [5.74, 6) is 2.19. The highest BCUT2D eigenvalue weighted by atomic mass is 16.5. The second-order valence-corrected chi connectivity index (χ2v) is 5.91. The van der Waals surface area contributed by atoms with E-state index in [-0.39, 0.29) is 6.61 Å². The van der Waals surface area contributed by atoms with Crippen LogP contribution in [0.2, 0.25) is 0 Å². The molecule has 0 aliphatic carbocycles. The monoisotopic (exact) mass is 335 g/mol. The van der Waals surface area contributed by atoms with Crippen LogP contribution < -0.4 is 15.4 Å². The normalized spacial score (nSPS) is 12.8. The Labute approximate surface area is 146 Å². The predicted molar refractivity (Wildman–Crippen MR) is 101 cm³/mol. The lowest BCUT2D eigenvalue weighted by Crippen LogP contribution is -2.38. The van der Waals surface area contributed by atoms with Gasteiger partial charge >= 0.3 is 0 Å². The van der Waals surface area contributed by atoms with Gasteiger partial charge in [0, 0.05) is 26.2 Å². The second kappa shape index (κ2) is 12.6. The molecule has 0 spiro atoms. The maximum Gasteiger partial charge on any atom is 0.191 e. The Hall–Kier alpha value is -1.75. The fourth-order valence-corrected chi connectivity index (χ4v) is 2.60. The summed E-state index contributed by atoms with van der Waals surface area (Å²) in [6, 6.07) is 8.14. The number of ether oxygens (including phenoxy) is 1. The molecule has 5 heteroatoms. The molecule has 0 heterocycles. The first-order chi connectivity index (χ1) is 11.7. The number of methoxy groups -OCH3 is 1. The SMILES string of the molecule is CCCC(CCO)CN=C(NCC)NCCc1ccc(OC)cc1. The number of nitrogens with one attached hydrogen (secondary N) is 2. The third-order valence-electron chi connectivity index (χ3n) is 3.95. The molecule has 3 N–H and O–H groups in total. The lowest BCUT2D eigenvalue weighted by molar-refractivity contribution is 0.253. The standard InChI is InChI=1S/C19H33N3O2/c1-4-6-17(12-14-23)15-22-19(20-5-2)21-13-11-16-7-9-18(24-3)10-8-16/h7-10,17,23H,4-6,11-15H2,1-3H3,(H2,20,21,22). The number of aliphatic imine (C=N–C) groups is 1. The Bertz CT molecular complexity index is 454. The third-order valence-corrected chi connectivity index (χ3v) is 3.95. The summed E-state index contributed by atoms with van der Waals surface area (Å²) in [6.45, 7) is 6.90. The van der Waals surface area contributed by atoms with Gasteiger partial charge in [-0.25, -0.2) is 0 Å². The van der Waals surface area contributed by atoms with Crippen molar-refractivity contribution in [2.24, 2.45) is 10.9 Å². The maximum absolute atomic E-state index is 9.15. The highest BCUT2D eigenvalue weighted by Crippen LogP contribution is 2.12. The van der Waals surface area contributed by atoms with Crippen molar-refractivity contribution in [1.29, 1.82) is 0 Å². The number of aliphatic hydroxyl groups excluding tert-OH is 1. The molecular weight excluding hydrogens is 302 g/mol. The van der Waals surface area contributed by atoms with E-state index in [1.165, 1.54) is 5.56 Å². The molecule has 1 aromatic carbocycles. The quantitative estimate of drug-likeness (QED) is 0.430. The topological polar surface area (TPSA) is 65.9 Å². The van der Waals surface area contributed by atoms with Gasteiger partial charge in [0.05, 0.1) is 7.11 Å². The summed E-state index contributed by atoms with van der Waals surface area (Å²) in [4.78, 5) is 4.67. The average molecular weight is 335 g/mol. The van der Waals surface area contributed by atoms with Crippen molar-refractivity contribution in [2.75, 3.05) is 33.4 Å². The first-order valence-electron chi connectivity index (χ1n) is 8.99. The number of nitrogens with zero attached hydrogens (tertiary/aromatic N) is 1. The number of aliphatic hydroxyl groups is 1. The zero-order valence-corrected chi connectivity index (χ0v) is 15.3. The van der Waals surface area contributed by atoms with Crippen molar-refractivity contribution in [3.63, 3.8) is 0 Å². The summed E-state index contributed by atoms with van der Waals surface area (Å²) in [5, 5.41) is 15.8. The Morgan fingerprint density at radius 1 is 1.17 bits per heavy atom. The van der Waals surface area contributed by atoms with Crippen molar-refractivity contribution in [3.8, 4) is 5.75 Å². The van der Waals surface area contributed by atoms with Gasteiger partial charge in [-0.05, 0) is 49.8 Å². The van der Waals surface area contributed by atoms with Crippen molar-refractivity contribution < 1.29 is 9.84 Å². The van der Waals surface area contributed by atoms with Crippen LogP contribution in [0.5, 0.6) is 5.75 Å². The predicted octanol–water partition coefficient (Wildman–Crippen LogP) is 2.59. The molecule has 1 unspecified atom stereocenters. The van der Waals surface area contributed by atoms with E-state index in [9.17, 15) is 0 Å². The zero-order valence-electron chi connectivity index (χ0n) is 15.3. The fraction of sp³-hybridized carbons (Fsp3) is 0.632. The van der Waals surface area contributed by atoms with Crippen LogP contribution in [0.15, 0.2) is 29.3 Å². The van der Waals surface area contributed by atoms with Crippen LogP contribution >= 0.6 is 0 Å². The van der Waals surface area contributed by atoms with Gasteiger partial charge in [-0.1, -0.05) is 25.5 Å². The zero-order chi connectivity index (χ0) is 17.6. The fourth-order valence-electron chi connectivity index (χ4n) is 2.60. The van der Waals surface area contributed by atoms with E-state index in [4.69, 9.17) is 9.84 Å². The lowest BCUT2D eigenvalue weighted by atomic mass is 10.0. The average Bonchev–Trinajstić information content (AvgIpc) is 2.60. The molecule has 1 aromatic rings. The minimum atomic E-state index is 0.238. The Balaban J connectivity index is 2.46. The Morgan fingerprint density at radius 3 is 2.50 bits per heavy atom. The van der Waals surface area contributed by atoms with E-state index in [1.54, 1.807) is 7.11 Å². The third kappa shape index (κ3) is 8.20. The van der Waals surface area contributed by atoms with Crippen LogP contribution in [0.4, 0.5) is 0 Å². The van der Waals surface area contributed by atoms with Crippen LogP contribution in [0.3, 0.4) is 0 Å². The molecule has 1 atom stereocenters. The first-order valence-corrected chi connectivity index (χ1v) is 8.99. The number of hydrogen-bond acceptors (Lipinski definition) is 3. The molecule has 0 aromatic heterocycles. The molecule has 1 rings (SSSR count). The molecule has 0 amide bonds. The van der Waals surface area contributed by atoms with E-state index < -0.39 is 0 Å². The van der Waals surface area contributed by atoms with Gasteiger partial charge in [0.15, 0.2) is 5.96 Å². The number of rotatable bonds is 11. The molecule has 0 fully saturated rings. The van der Waals surface area contributed by atoms with Gasteiger partial charge in [0.1, 0.15) is 5.75 Å². The number of hydrogen-bond donors (Lipinski definition) is 3.